The Kier molecular flexibility index (Phi) is 3.76. The van der Waals surface area contributed by atoms with Gasteiger partial charge in [-0.05, 0) is 63.1 Å². The molecule has 0 radical (unpaired) electrons. The normalized spacial score (nSPS) is 27.1. The maximum absolute atomic E-state index is 5.62. The van der Waals surface area contributed by atoms with Crippen molar-refractivity contribution in [2.24, 2.45) is 5.92 Å². The third-order valence-electron chi connectivity index (χ3n) is 4.53. The van der Waals surface area contributed by atoms with Gasteiger partial charge in [0.1, 0.15) is 5.75 Å². The summed E-state index contributed by atoms with van der Waals surface area (Å²) in [5.74, 6) is 1.80. The van der Waals surface area contributed by atoms with Crippen molar-refractivity contribution in [3.05, 3.63) is 29.3 Å². The number of ether oxygens (including phenoxy) is 1. The minimum atomic E-state index is 0.548. The Bertz CT molecular complexity index is 444. The van der Waals surface area contributed by atoms with E-state index < -0.39 is 0 Å². The summed E-state index contributed by atoms with van der Waals surface area (Å²) in [4.78, 5) is 2.52. The predicted molar refractivity (Wildman–Crippen MR) is 77.7 cm³/mol. The quantitative estimate of drug-likeness (QED) is 0.902. The molecule has 2 aliphatic heterocycles. The van der Waals surface area contributed by atoms with Crippen LogP contribution in [-0.4, -0.2) is 38.7 Å². The molecule has 3 heteroatoms. The van der Waals surface area contributed by atoms with Crippen molar-refractivity contribution < 1.29 is 4.74 Å². The van der Waals surface area contributed by atoms with Gasteiger partial charge in [0.2, 0.25) is 0 Å². The fraction of sp³-hybridized carbons (Fsp3) is 0.625. The molecule has 2 heterocycles. The molecule has 2 unspecified atom stereocenters. The Morgan fingerprint density at radius 1 is 1.42 bits per heavy atom. The lowest BCUT2D eigenvalue weighted by Crippen LogP contribution is -2.39. The topological polar surface area (TPSA) is 24.5 Å². The van der Waals surface area contributed by atoms with Crippen LogP contribution >= 0.6 is 0 Å². The zero-order chi connectivity index (χ0) is 13.2. The number of fused-ring (bicyclic) bond motifs is 1. The molecule has 1 saturated heterocycles. The van der Waals surface area contributed by atoms with Crippen LogP contribution in [0.25, 0.3) is 0 Å². The van der Waals surface area contributed by atoms with E-state index >= 15 is 0 Å². The summed E-state index contributed by atoms with van der Waals surface area (Å²) >= 11 is 0. The predicted octanol–water partition coefficient (Wildman–Crippen LogP) is 2.22. The van der Waals surface area contributed by atoms with Crippen LogP contribution in [0.1, 0.15) is 30.0 Å². The van der Waals surface area contributed by atoms with E-state index in [0.29, 0.717) is 12.0 Å². The molecule has 0 amide bonds. The molecule has 1 aromatic carbocycles. The molecule has 0 aromatic heterocycles. The number of piperidine rings is 1. The Morgan fingerprint density at radius 3 is 3.16 bits per heavy atom. The zero-order valence-electron chi connectivity index (χ0n) is 12.0. The van der Waals surface area contributed by atoms with E-state index in [4.69, 9.17) is 4.74 Å². The molecule has 1 aromatic rings. The minimum Gasteiger partial charge on any atom is -0.493 e. The minimum absolute atomic E-state index is 0.548. The van der Waals surface area contributed by atoms with Crippen molar-refractivity contribution in [3.63, 3.8) is 0 Å². The van der Waals surface area contributed by atoms with E-state index in [2.05, 4.69) is 42.5 Å². The molecular weight excluding hydrogens is 236 g/mol. The highest BCUT2D eigenvalue weighted by Crippen LogP contribution is 2.37. The van der Waals surface area contributed by atoms with Crippen molar-refractivity contribution in [2.75, 3.05) is 33.8 Å². The molecule has 2 aliphatic rings. The van der Waals surface area contributed by atoms with E-state index in [-0.39, 0.29) is 0 Å². The Morgan fingerprint density at radius 2 is 2.32 bits per heavy atom. The molecule has 1 N–H and O–H groups in total. The highest BCUT2D eigenvalue weighted by molar-refractivity contribution is 5.41. The standard InChI is InChI=1S/C16H24N2O/c1-17-11-14-4-3-8-18(2)16(14)13-5-6-15-12(10-13)7-9-19-15/h5-6,10,14,16-17H,3-4,7-9,11H2,1-2H3. The van der Waals surface area contributed by atoms with Gasteiger partial charge in [-0.15, -0.1) is 0 Å². The second-order valence-corrected chi connectivity index (χ2v) is 5.85. The first-order valence-electron chi connectivity index (χ1n) is 7.40. The Balaban J connectivity index is 1.88. The molecule has 1 fully saturated rings. The number of nitrogens with one attached hydrogen (secondary N) is 1. The molecule has 0 aliphatic carbocycles. The highest BCUT2D eigenvalue weighted by atomic mass is 16.5. The summed E-state index contributed by atoms with van der Waals surface area (Å²) in [6.45, 7) is 3.15. The van der Waals surface area contributed by atoms with Crippen LogP contribution in [0.2, 0.25) is 0 Å². The fourth-order valence-electron chi connectivity index (χ4n) is 3.65. The molecule has 0 spiro atoms. The number of nitrogens with zero attached hydrogens (tertiary/aromatic N) is 1. The summed E-state index contributed by atoms with van der Waals surface area (Å²) in [6.07, 6.45) is 3.70. The summed E-state index contributed by atoms with van der Waals surface area (Å²) < 4.78 is 5.62. The summed E-state index contributed by atoms with van der Waals surface area (Å²) in [5.41, 5.74) is 2.85. The highest BCUT2D eigenvalue weighted by Gasteiger charge is 2.30. The molecule has 0 bridgehead atoms. The number of benzene rings is 1. The largest absolute Gasteiger partial charge is 0.493 e. The van der Waals surface area contributed by atoms with Gasteiger partial charge >= 0.3 is 0 Å². The first-order chi connectivity index (χ1) is 9.29. The van der Waals surface area contributed by atoms with E-state index in [1.807, 2.05) is 0 Å². The van der Waals surface area contributed by atoms with Crippen LogP contribution < -0.4 is 10.1 Å². The fourth-order valence-corrected chi connectivity index (χ4v) is 3.65. The number of hydrogen-bond donors (Lipinski definition) is 1. The lowest BCUT2D eigenvalue weighted by Gasteiger charge is -2.39. The monoisotopic (exact) mass is 260 g/mol. The van der Waals surface area contributed by atoms with Crippen molar-refractivity contribution in [2.45, 2.75) is 25.3 Å². The summed E-state index contributed by atoms with van der Waals surface area (Å²) in [6, 6.07) is 7.35. The van der Waals surface area contributed by atoms with Crippen LogP contribution in [0, 0.1) is 5.92 Å². The SMILES string of the molecule is CNCC1CCCN(C)C1c1ccc2c(c1)CCO2. The summed E-state index contributed by atoms with van der Waals surface area (Å²) in [5, 5.41) is 3.36. The van der Waals surface area contributed by atoms with E-state index in [9.17, 15) is 0 Å². The van der Waals surface area contributed by atoms with Crippen LogP contribution in [0.5, 0.6) is 5.75 Å². The maximum atomic E-state index is 5.62. The average Bonchev–Trinajstić information content (AvgIpc) is 2.86. The van der Waals surface area contributed by atoms with E-state index in [1.165, 1.54) is 30.5 Å². The van der Waals surface area contributed by atoms with Gasteiger partial charge in [0.15, 0.2) is 0 Å². The number of rotatable bonds is 3. The van der Waals surface area contributed by atoms with Crippen molar-refractivity contribution in [1.29, 1.82) is 0 Å². The van der Waals surface area contributed by atoms with Crippen molar-refractivity contribution >= 4 is 0 Å². The van der Waals surface area contributed by atoms with Gasteiger partial charge in [-0.25, -0.2) is 0 Å². The molecule has 2 atom stereocenters. The van der Waals surface area contributed by atoms with Crippen LogP contribution in [0.4, 0.5) is 0 Å². The van der Waals surface area contributed by atoms with Crippen LogP contribution in [0.15, 0.2) is 18.2 Å². The first kappa shape index (κ1) is 12.9. The van der Waals surface area contributed by atoms with Gasteiger partial charge in [-0.2, -0.15) is 0 Å². The van der Waals surface area contributed by atoms with Gasteiger partial charge in [-0.1, -0.05) is 12.1 Å². The zero-order valence-corrected chi connectivity index (χ0v) is 12.0. The second-order valence-electron chi connectivity index (χ2n) is 5.85. The molecule has 3 rings (SSSR count). The molecule has 104 valence electrons. The lowest BCUT2D eigenvalue weighted by atomic mass is 9.84. The third kappa shape index (κ3) is 2.49. The van der Waals surface area contributed by atoms with Crippen LogP contribution in [0.3, 0.4) is 0 Å². The average molecular weight is 260 g/mol. The van der Waals surface area contributed by atoms with Crippen molar-refractivity contribution in [1.82, 2.24) is 10.2 Å². The van der Waals surface area contributed by atoms with Crippen LogP contribution in [-0.2, 0) is 6.42 Å². The maximum Gasteiger partial charge on any atom is 0.122 e. The van der Waals surface area contributed by atoms with E-state index in [0.717, 1.165) is 25.3 Å². The summed E-state index contributed by atoms with van der Waals surface area (Å²) in [7, 11) is 4.32. The number of likely N-dealkylation sites (tertiary alicyclic amines) is 1. The van der Waals surface area contributed by atoms with Gasteiger partial charge in [-0.3, -0.25) is 4.90 Å². The molecular formula is C16H24N2O. The number of hydrogen-bond acceptors (Lipinski definition) is 3. The lowest BCUT2D eigenvalue weighted by molar-refractivity contribution is 0.121. The molecule has 3 nitrogen and oxygen atoms in total. The second kappa shape index (κ2) is 5.51. The van der Waals surface area contributed by atoms with Gasteiger partial charge in [0.25, 0.3) is 0 Å². The molecule has 0 saturated carbocycles. The van der Waals surface area contributed by atoms with Gasteiger partial charge < -0.3 is 10.1 Å². The third-order valence-corrected chi connectivity index (χ3v) is 4.53. The van der Waals surface area contributed by atoms with Gasteiger partial charge in [0.05, 0.1) is 6.61 Å². The molecule has 19 heavy (non-hydrogen) atoms. The van der Waals surface area contributed by atoms with Crippen molar-refractivity contribution in [3.8, 4) is 5.75 Å². The Hall–Kier alpha value is -1.06. The smallest absolute Gasteiger partial charge is 0.122 e. The van der Waals surface area contributed by atoms with E-state index in [1.54, 1.807) is 0 Å². The first-order valence-corrected chi connectivity index (χ1v) is 7.40. The Labute approximate surface area is 115 Å². The van der Waals surface area contributed by atoms with Gasteiger partial charge in [0, 0.05) is 12.5 Å².